The van der Waals surface area contributed by atoms with Gasteiger partial charge < -0.3 is 9.64 Å². The minimum atomic E-state index is -0.0968. The van der Waals surface area contributed by atoms with Crippen molar-refractivity contribution in [2.45, 2.75) is 32.5 Å². The van der Waals surface area contributed by atoms with Crippen LogP contribution in [0.5, 0.6) is 0 Å². The molecule has 2 rings (SSSR count). The highest BCUT2D eigenvalue weighted by Crippen LogP contribution is 2.30. The molecule has 88 valence electrons. The summed E-state index contributed by atoms with van der Waals surface area (Å²) >= 11 is 3.54. The molecule has 2 heterocycles. The zero-order chi connectivity index (χ0) is 11.8. The van der Waals surface area contributed by atoms with Crippen molar-refractivity contribution < 1.29 is 4.74 Å². The molecule has 0 spiro atoms. The van der Waals surface area contributed by atoms with Crippen molar-refractivity contribution in [3.63, 3.8) is 0 Å². The molecule has 16 heavy (non-hydrogen) atoms. The van der Waals surface area contributed by atoms with Gasteiger partial charge in [-0.2, -0.15) is 0 Å². The largest absolute Gasteiger partial charge is 0.369 e. The Bertz CT molecular complexity index is 381. The summed E-state index contributed by atoms with van der Waals surface area (Å²) < 4.78 is 6.93. The van der Waals surface area contributed by atoms with E-state index in [1.807, 2.05) is 18.5 Å². The van der Waals surface area contributed by atoms with Crippen LogP contribution in [-0.4, -0.2) is 29.8 Å². The van der Waals surface area contributed by atoms with Crippen molar-refractivity contribution in [2.75, 3.05) is 18.0 Å². The number of morpholine rings is 1. The second-order valence-corrected chi connectivity index (χ2v) is 5.75. The molecule has 0 amide bonds. The van der Waals surface area contributed by atoms with E-state index in [2.05, 4.69) is 46.6 Å². The minimum absolute atomic E-state index is 0.0968. The van der Waals surface area contributed by atoms with Gasteiger partial charge >= 0.3 is 0 Å². The molecule has 0 bridgehead atoms. The quantitative estimate of drug-likeness (QED) is 0.793. The van der Waals surface area contributed by atoms with Crippen molar-refractivity contribution in [2.24, 2.45) is 0 Å². The SMILES string of the molecule is CC1CN(c2ccncc2Br)CC(C)(C)O1. The maximum absolute atomic E-state index is 5.89. The van der Waals surface area contributed by atoms with Crippen LogP contribution in [0, 0.1) is 0 Å². The van der Waals surface area contributed by atoms with E-state index in [1.165, 1.54) is 5.69 Å². The molecule has 0 aromatic carbocycles. The molecular weight excluding hydrogens is 268 g/mol. The molecular formula is C12H17BrN2O. The molecule has 1 unspecified atom stereocenters. The third kappa shape index (κ3) is 2.55. The predicted molar refractivity (Wildman–Crippen MR) is 68.8 cm³/mol. The lowest BCUT2D eigenvalue weighted by molar-refractivity contribution is -0.0750. The van der Waals surface area contributed by atoms with E-state index in [1.54, 1.807) is 0 Å². The number of ether oxygens (including phenoxy) is 1. The number of aromatic nitrogens is 1. The standard InChI is InChI=1S/C12H17BrN2O/c1-9-7-15(8-12(2,3)16-9)11-4-5-14-6-10(11)13/h4-6,9H,7-8H2,1-3H3. The van der Waals surface area contributed by atoms with E-state index in [0.717, 1.165) is 17.6 Å². The van der Waals surface area contributed by atoms with E-state index < -0.39 is 0 Å². The molecule has 1 aromatic heterocycles. The first-order valence-electron chi connectivity index (χ1n) is 5.50. The second kappa shape index (κ2) is 4.34. The van der Waals surface area contributed by atoms with E-state index in [9.17, 15) is 0 Å². The Labute approximate surface area is 105 Å². The van der Waals surface area contributed by atoms with Gasteiger partial charge in [0.05, 0.1) is 21.9 Å². The van der Waals surface area contributed by atoms with E-state index in [4.69, 9.17) is 4.74 Å². The van der Waals surface area contributed by atoms with Gasteiger partial charge in [-0.1, -0.05) is 0 Å². The summed E-state index contributed by atoms with van der Waals surface area (Å²) in [6.07, 6.45) is 3.92. The number of halogens is 1. The maximum atomic E-state index is 5.89. The topological polar surface area (TPSA) is 25.4 Å². The average Bonchev–Trinajstić information content (AvgIpc) is 2.15. The fraction of sp³-hybridized carbons (Fsp3) is 0.583. The minimum Gasteiger partial charge on any atom is -0.369 e. The number of hydrogen-bond donors (Lipinski definition) is 0. The van der Waals surface area contributed by atoms with Crippen LogP contribution in [0.4, 0.5) is 5.69 Å². The molecule has 0 radical (unpaired) electrons. The van der Waals surface area contributed by atoms with Crippen LogP contribution in [0.3, 0.4) is 0 Å². The van der Waals surface area contributed by atoms with Gasteiger partial charge in [0.2, 0.25) is 0 Å². The van der Waals surface area contributed by atoms with Crippen molar-refractivity contribution in [1.29, 1.82) is 0 Å². The summed E-state index contributed by atoms with van der Waals surface area (Å²) in [4.78, 5) is 6.44. The molecule has 1 aliphatic heterocycles. The van der Waals surface area contributed by atoms with Gasteiger partial charge in [-0.25, -0.2) is 0 Å². The lowest BCUT2D eigenvalue weighted by atomic mass is 10.1. The van der Waals surface area contributed by atoms with Gasteiger partial charge in [-0.05, 0) is 42.8 Å². The summed E-state index contributed by atoms with van der Waals surface area (Å²) in [6, 6.07) is 2.04. The number of anilines is 1. The number of rotatable bonds is 1. The first kappa shape index (κ1) is 11.9. The summed E-state index contributed by atoms with van der Waals surface area (Å²) in [5.74, 6) is 0. The van der Waals surface area contributed by atoms with Crippen LogP contribution < -0.4 is 4.90 Å². The van der Waals surface area contributed by atoms with Crippen LogP contribution in [0.15, 0.2) is 22.9 Å². The molecule has 0 N–H and O–H groups in total. The van der Waals surface area contributed by atoms with Crippen LogP contribution in [0.1, 0.15) is 20.8 Å². The molecule has 0 aliphatic carbocycles. The molecule has 1 fully saturated rings. The number of pyridine rings is 1. The van der Waals surface area contributed by atoms with Gasteiger partial charge in [0.1, 0.15) is 0 Å². The highest BCUT2D eigenvalue weighted by Gasteiger charge is 2.31. The Morgan fingerprint density at radius 3 is 2.94 bits per heavy atom. The van der Waals surface area contributed by atoms with E-state index >= 15 is 0 Å². The zero-order valence-electron chi connectivity index (χ0n) is 9.90. The first-order chi connectivity index (χ1) is 7.48. The Morgan fingerprint density at radius 1 is 1.56 bits per heavy atom. The molecule has 1 saturated heterocycles. The maximum Gasteiger partial charge on any atom is 0.0805 e. The Hall–Kier alpha value is -0.610. The monoisotopic (exact) mass is 284 g/mol. The highest BCUT2D eigenvalue weighted by atomic mass is 79.9. The molecule has 1 aliphatic rings. The summed E-state index contributed by atoms with van der Waals surface area (Å²) in [5, 5.41) is 0. The van der Waals surface area contributed by atoms with Crippen LogP contribution in [0.2, 0.25) is 0 Å². The molecule has 3 nitrogen and oxygen atoms in total. The third-order valence-electron chi connectivity index (χ3n) is 2.66. The van der Waals surface area contributed by atoms with E-state index in [0.29, 0.717) is 0 Å². The van der Waals surface area contributed by atoms with E-state index in [-0.39, 0.29) is 11.7 Å². The Balaban J connectivity index is 2.25. The fourth-order valence-corrected chi connectivity index (χ4v) is 2.76. The highest BCUT2D eigenvalue weighted by molar-refractivity contribution is 9.10. The van der Waals surface area contributed by atoms with Gasteiger partial charge in [-0.3, -0.25) is 4.98 Å². The molecule has 1 aromatic rings. The summed E-state index contributed by atoms with van der Waals surface area (Å²) in [6.45, 7) is 8.20. The Morgan fingerprint density at radius 2 is 2.31 bits per heavy atom. The van der Waals surface area contributed by atoms with Crippen molar-refractivity contribution >= 4 is 21.6 Å². The third-order valence-corrected chi connectivity index (χ3v) is 3.27. The second-order valence-electron chi connectivity index (χ2n) is 4.90. The van der Waals surface area contributed by atoms with Crippen molar-refractivity contribution in [3.8, 4) is 0 Å². The molecule has 0 saturated carbocycles. The van der Waals surface area contributed by atoms with Crippen LogP contribution in [0.25, 0.3) is 0 Å². The lowest BCUT2D eigenvalue weighted by Gasteiger charge is -2.43. The number of nitrogens with zero attached hydrogens (tertiary/aromatic N) is 2. The zero-order valence-corrected chi connectivity index (χ0v) is 11.5. The average molecular weight is 285 g/mol. The first-order valence-corrected chi connectivity index (χ1v) is 6.29. The smallest absolute Gasteiger partial charge is 0.0805 e. The normalized spacial score (nSPS) is 24.5. The molecule has 1 atom stereocenters. The number of hydrogen-bond acceptors (Lipinski definition) is 3. The van der Waals surface area contributed by atoms with Crippen LogP contribution >= 0.6 is 15.9 Å². The Kier molecular flexibility index (Phi) is 3.22. The molecule has 4 heteroatoms. The lowest BCUT2D eigenvalue weighted by Crippen LogP contribution is -2.52. The van der Waals surface area contributed by atoms with Crippen molar-refractivity contribution in [1.82, 2.24) is 4.98 Å². The van der Waals surface area contributed by atoms with Gasteiger partial charge in [0.25, 0.3) is 0 Å². The summed E-state index contributed by atoms with van der Waals surface area (Å²) in [5.41, 5.74) is 1.10. The van der Waals surface area contributed by atoms with Crippen LogP contribution in [-0.2, 0) is 4.74 Å². The fourth-order valence-electron chi connectivity index (χ4n) is 2.26. The summed E-state index contributed by atoms with van der Waals surface area (Å²) in [7, 11) is 0. The van der Waals surface area contributed by atoms with Crippen molar-refractivity contribution in [3.05, 3.63) is 22.9 Å². The predicted octanol–water partition coefficient (Wildman–Crippen LogP) is 2.85. The van der Waals surface area contributed by atoms with Gasteiger partial charge in [0.15, 0.2) is 0 Å². The van der Waals surface area contributed by atoms with Gasteiger partial charge in [-0.15, -0.1) is 0 Å². The van der Waals surface area contributed by atoms with Gasteiger partial charge in [0, 0.05) is 25.5 Å².